The van der Waals surface area contributed by atoms with Gasteiger partial charge in [0.25, 0.3) is 0 Å². The highest BCUT2D eigenvalue weighted by Gasteiger charge is 2.39. The van der Waals surface area contributed by atoms with E-state index in [1.165, 1.54) is 6.33 Å². The van der Waals surface area contributed by atoms with Gasteiger partial charge in [0.15, 0.2) is 6.23 Å². The second kappa shape index (κ2) is 6.88. The second-order valence-electron chi connectivity index (χ2n) is 6.58. The first-order chi connectivity index (χ1) is 12.7. The van der Waals surface area contributed by atoms with E-state index in [2.05, 4.69) is 16.9 Å². The summed E-state index contributed by atoms with van der Waals surface area (Å²) < 4.78 is 14.0. The van der Waals surface area contributed by atoms with Gasteiger partial charge in [-0.3, -0.25) is 0 Å². The number of aromatic nitrogens is 3. The summed E-state index contributed by atoms with van der Waals surface area (Å²) in [5.41, 5.74) is 2.40. The predicted octanol–water partition coefficient (Wildman–Crippen LogP) is 3.66. The van der Waals surface area contributed by atoms with Crippen LogP contribution in [0.2, 0.25) is 0 Å². The Bertz CT molecular complexity index is 922. The highest BCUT2D eigenvalue weighted by atomic mass is 16.6. The van der Waals surface area contributed by atoms with Gasteiger partial charge in [0.05, 0.1) is 11.7 Å². The maximum atomic E-state index is 12.5. The van der Waals surface area contributed by atoms with Gasteiger partial charge in [-0.25, -0.2) is 14.8 Å². The average Bonchev–Trinajstić information content (AvgIpc) is 3.23. The molecule has 3 aromatic rings. The van der Waals surface area contributed by atoms with Gasteiger partial charge in [-0.2, -0.15) is 0 Å². The average molecular weight is 351 g/mol. The summed E-state index contributed by atoms with van der Waals surface area (Å²) in [6, 6.07) is 9.04. The Morgan fingerprint density at radius 3 is 2.92 bits per heavy atom. The first kappa shape index (κ1) is 16.7. The molecule has 3 atom stereocenters. The number of fused-ring (bicyclic) bond motifs is 1. The van der Waals surface area contributed by atoms with E-state index in [0.717, 1.165) is 23.0 Å². The molecule has 0 saturated carbocycles. The first-order valence-electron chi connectivity index (χ1n) is 8.86. The molecule has 0 aliphatic carbocycles. The number of carbonyl (C=O) groups is 1. The molecular weight excluding hydrogens is 330 g/mol. The van der Waals surface area contributed by atoms with Crippen LogP contribution in [0, 0.1) is 6.92 Å². The largest absolute Gasteiger partial charge is 0.454 e. The fraction of sp³-hybridized carbons (Fsp3) is 0.350. The first-order valence-corrected chi connectivity index (χ1v) is 8.86. The number of benzene rings is 1. The molecule has 2 aromatic heterocycles. The van der Waals surface area contributed by atoms with Crippen LogP contribution in [0.4, 0.5) is 0 Å². The van der Waals surface area contributed by atoms with Crippen molar-refractivity contribution in [2.75, 3.05) is 0 Å². The van der Waals surface area contributed by atoms with Crippen molar-refractivity contribution in [3.05, 3.63) is 60.2 Å². The van der Waals surface area contributed by atoms with Crippen molar-refractivity contribution in [3.63, 3.8) is 0 Å². The Hall–Kier alpha value is -2.73. The minimum Gasteiger partial charge on any atom is -0.454 e. The van der Waals surface area contributed by atoms with Crippen LogP contribution in [-0.2, 0) is 9.47 Å². The summed E-state index contributed by atoms with van der Waals surface area (Å²) in [7, 11) is 0. The van der Waals surface area contributed by atoms with Gasteiger partial charge in [-0.1, -0.05) is 25.1 Å². The van der Waals surface area contributed by atoms with Crippen molar-refractivity contribution in [1.82, 2.24) is 14.5 Å². The van der Waals surface area contributed by atoms with E-state index < -0.39 is 6.23 Å². The number of rotatable bonds is 4. The number of hydrogen-bond donors (Lipinski definition) is 0. The number of ether oxygens (including phenoxy) is 2. The SMILES string of the molecule is CC[C@@H]1C[C@@H](OC(=O)c2ccccc2)[C@H](n2cc(C)c3cncnc32)O1. The van der Waals surface area contributed by atoms with Crippen LogP contribution in [0.1, 0.15) is 41.9 Å². The lowest BCUT2D eigenvalue weighted by Crippen LogP contribution is -2.25. The molecular formula is C20H21N3O3. The van der Waals surface area contributed by atoms with Gasteiger partial charge in [0, 0.05) is 24.2 Å². The fourth-order valence-corrected chi connectivity index (χ4v) is 3.45. The van der Waals surface area contributed by atoms with Crippen LogP contribution in [0.5, 0.6) is 0 Å². The van der Waals surface area contributed by atoms with Gasteiger partial charge in [-0.15, -0.1) is 0 Å². The molecule has 0 bridgehead atoms. The Labute approximate surface area is 151 Å². The van der Waals surface area contributed by atoms with Crippen LogP contribution in [0.25, 0.3) is 11.0 Å². The monoisotopic (exact) mass is 351 g/mol. The number of carbonyl (C=O) groups excluding carboxylic acids is 1. The Balaban J connectivity index is 1.65. The van der Waals surface area contributed by atoms with Crippen molar-refractivity contribution in [2.24, 2.45) is 0 Å². The molecule has 1 aliphatic heterocycles. The van der Waals surface area contributed by atoms with Gasteiger partial charge in [-0.05, 0) is 31.0 Å². The topological polar surface area (TPSA) is 66.2 Å². The standard InChI is InChI=1S/C20H21N3O3/c1-3-15-9-17(26-20(24)14-7-5-4-6-8-14)19(25-15)23-11-13(2)16-10-21-12-22-18(16)23/h4-8,10-12,15,17,19H,3,9H2,1-2H3/t15-,17-,19-/m1/s1. The zero-order chi connectivity index (χ0) is 18.1. The summed E-state index contributed by atoms with van der Waals surface area (Å²) >= 11 is 0. The quantitative estimate of drug-likeness (QED) is 0.671. The molecule has 134 valence electrons. The van der Waals surface area contributed by atoms with Gasteiger partial charge >= 0.3 is 5.97 Å². The van der Waals surface area contributed by atoms with E-state index in [1.54, 1.807) is 18.3 Å². The summed E-state index contributed by atoms with van der Waals surface area (Å²) in [5, 5.41) is 0.976. The molecule has 4 rings (SSSR count). The fourth-order valence-electron chi connectivity index (χ4n) is 3.45. The molecule has 0 amide bonds. The summed E-state index contributed by atoms with van der Waals surface area (Å²) in [4.78, 5) is 21.0. The third kappa shape index (κ3) is 2.97. The summed E-state index contributed by atoms with van der Waals surface area (Å²) in [6.07, 6.45) is 6.14. The summed E-state index contributed by atoms with van der Waals surface area (Å²) in [6.45, 7) is 4.09. The molecule has 0 radical (unpaired) electrons. The van der Waals surface area contributed by atoms with Crippen LogP contribution in [0.3, 0.4) is 0 Å². The molecule has 3 heterocycles. The van der Waals surface area contributed by atoms with Crippen LogP contribution < -0.4 is 0 Å². The maximum Gasteiger partial charge on any atom is 0.338 e. The normalized spacial score (nSPS) is 22.6. The van der Waals surface area contributed by atoms with Crippen molar-refractivity contribution in [1.29, 1.82) is 0 Å². The highest BCUT2D eigenvalue weighted by molar-refractivity contribution is 5.89. The molecule has 0 spiro atoms. The lowest BCUT2D eigenvalue weighted by molar-refractivity contribution is -0.0465. The highest BCUT2D eigenvalue weighted by Crippen LogP contribution is 2.36. The van der Waals surface area contributed by atoms with E-state index in [0.29, 0.717) is 12.0 Å². The molecule has 6 nitrogen and oxygen atoms in total. The van der Waals surface area contributed by atoms with E-state index in [9.17, 15) is 4.79 Å². The Morgan fingerprint density at radius 1 is 1.35 bits per heavy atom. The number of esters is 1. The van der Waals surface area contributed by atoms with Crippen molar-refractivity contribution < 1.29 is 14.3 Å². The maximum absolute atomic E-state index is 12.5. The van der Waals surface area contributed by atoms with E-state index in [4.69, 9.17) is 9.47 Å². The molecule has 6 heteroatoms. The molecule has 0 unspecified atom stereocenters. The van der Waals surface area contributed by atoms with Crippen molar-refractivity contribution >= 4 is 17.0 Å². The predicted molar refractivity (Wildman–Crippen MR) is 96.7 cm³/mol. The zero-order valence-electron chi connectivity index (χ0n) is 14.8. The minimum absolute atomic E-state index is 0.0492. The van der Waals surface area contributed by atoms with Gasteiger partial charge in [0.2, 0.25) is 0 Å². The molecule has 1 saturated heterocycles. The molecule has 1 aliphatic rings. The van der Waals surface area contributed by atoms with Crippen LogP contribution in [-0.4, -0.2) is 32.7 Å². The van der Waals surface area contributed by atoms with E-state index >= 15 is 0 Å². The summed E-state index contributed by atoms with van der Waals surface area (Å²) in [5.74, 6) is -0.330. The second-order valence-corrected chi connectivity index (χ2v) is 6.58. The smallest absolute Gasteiger partial charge is 0.338 e. The van der Waals surface area contributed by atoms with Gasteiger partial charge < -0.3 is 14.0 Å². The lowest BCUT2D eigenvalue weighted by Gasteiger charge is -2.21. The lowest BCUT2D eigenvalue weighted by atomic mass is 10.1. The number of aryl methyl sites for hydroxylation is 1. The number of hydrogen-bond acceptors (Lipinski definition) is 5. The molecule has 0 N–H and O–H groups in total. The molecule has 1 aromatic carbocycles. The zero-order valence-corrected chi connectivity index (χ0v) is 14.8. The Kier molecular flexibility index (Phi) is 4.42. The van der Waals surface area contributed by atoms with Gasteiger partial charge in [0.1, 0.15) is 18.1 Å². The van der Waals surface area contributed by atoms with Crippen LogP contribution in [0.15, 0.2) is 49.1 Å². The third-order valence-corrected chi connectivity index (χ3v) is 4.84. The van der Waals surface area contributed by atoms with E-state index in [1.807, 2.05) is 35.9 Å². The molecule has 1 fully saturated rings. The Morgan fingerprint density at radius 2 is 2.15 bits per heavy atom. The van der Waals surface area contributed by atoms with E-state index in [-0.39, 0.29) is 18.2 Å². The van der Waals surface area contributed by atoms with Crippen LogP contribution >= 0.6 is 0 Å². The van der Waals surface area contributed by atoms with Crippen molar-refractivity contribution in [2.45, 2.75) is 45.1 Å². The minimum atomic E-state index is -0.390. The van der Waals surface area contributed by atoms with Crippen molar-refractivity contribution in [3.8, 4) is 0 Å². The third-order valence-electron chi connectivity index (χ3n) is 4.84. The number of nitrogens with zero attached hydrogens (tertiary/aromatic N) is 3. The molecule has 26 heavy (non-hydrogen) atoms.